The molecule has 1 N–H and O–H groups in total. The summed E-state index contributed by atoms with van der Waals surface area (Å²) in [4.78, 5) is 11.2. The molecule has 41 heavy (non-hydrogen) atoms. The van der Waals surface area contributed by atoms with E-state index >= 15 is 0 Å². The Labute approximate surface area is 245 Å². The Kier molecular flexibility index (Phi) is 9.39. The number of sulfonamides is 1. The molecule has 5 rings (SSSR count). The highest BCUT2D eigenvalue weighted by Crippen LogP contribution is 2.35. The largest absolute Gasteiger partial charge is 0.469 e. The molecule has 0 amide bonds. The van der Waals surface area contributed by atoms with Crippen molar-refractivity contribution in [2.75, 3.05) is 25.4 Å². The van der Waals surface area contributed by atoms with E-state index in [4.69, 9.17) is 41.2 Å². The summed E-state index contributed by atoms with van der Waals surface area (Å²) >= 11 is 6.01. The van der Waals surface area contributed by atoms with Crippen molar-refractivity contribution in [2.45, 2.75) is 22.6 Å². The molecule has 2 aliphatic rings. The number of ether oxygens (including phenoxy) is 5. The molecule has 216 valence electrons. The fourth-order valence-electron chi connectivity index (χ4n) is 3.41. The standard InChI is InChI=1S/C19H16ClNO6S.C7H5ClO4S/c1-25-19(22)5-3-2-4-13-10-14(20)6-8-16(13)21-28(23,24)15-7-9-17-18(11-15)27-12-26-17;8-13(9,10)5-1-2-6-7(3-5)12-4-11-6/h6-11,21H,3,5,12H2,1H3;1-3H,4H2. The van der Waals surface area contributed by atoms with E-state index in [9.17, 15) is 21.6 Å². The van der Waals surface area contributed by atoms with Crippen LogP contribution in [0.1, 0.15) is 18.4 Å². The quantitative estimate of drug-likeness (QED) is 0.232. The maximum absolute atomic E-state index is 12.7. The second-order valence-electron chi connectivity index (χ2n) is 8.14. The van der Waals surface area contributed by atoms with Gasteiger partial charge in [0.2, 0.25) is 13.6 Å². The van der Waals surface area contributed by atoms with Gasteiger partial charge in [0.15, 0.2) is 23.0 Å². The molecular weight excluding hydrogens is 621 g/mol. The first kappa shape index (κ1) is 30.1. The minimum Gasteiger partial charge on any atom is -0.469 e. The van der Waals surface area contributed by atoms with Gasteiger partial charge in [-0.15, -0.1) is 0 Å². The Morgan fingerprint density at radius 3 is 2.07 bits per heavy atom. The van der Waals surface area contributed by atoms with E-state index in [1.54, 1.807) is 12.1 Å². The SMILES string of the molecule is COC(=O)CCC#Cc1cc(Cl)ccc1NS(=O)(=O)c1ccc2c(c1)OCO2.O=S(=O)(Cl)c1ccc2c(c1)OCO2. The second kappa shape index (κ2) is 12.8. The van der Waals surface area contributed by atoms with E-state index < -0.39 is 19.1 Å². The van der Waals surface area contributed by atoms with Crippen molar-refractivity contribution in [1.82, 2.24) is 0 Å². The zero-order valence-electron chi connectivity index (χ0n) is 21.2. The molecule has 0 fully saturated rings. The van der Waals surface area contributed by atoms with Crippen LogP contribution in [0.3, 0.4) is 0 Å². The zero-order valence-corrected chi connectivity index (χ0v) is 24.3. The first-order valence-electron chi connectivity index (χ1n) is 11.6. The van der Waals surface area contributed by atoms with Gasteiger partial charge in [0, 0.05) is 34.3 Å². The van der Waals surface area contributed by atoms with Crippen LogP contribution in [0, 0.1) is 11.8 Å². The summed E-state index contributed by atoms with van der Waals surface area (Å²) in [5.41, 5.74) is 0.661. The summed E-state index contributed by atoms with van der Waals surface area (Å²) in [6, 6.07) is 13.2. The van der Waals surface area contributed by atoms with Gasteiger partial charge in [-0.25, -0.2) is 16.8 Å². The van der Waals surface area contributed by atoms with Crippen LogP contribution in [-0.4, -0.2) is 43.5 Å². The number of carbonyl (C=O) groups excluding carboxylic acids is 1. The van der Waals surface area contributed by atoms with E-state index in [1.807, 2.05) is 0 Å². The molecule has 3 aromatic rings. The van der Waals surface area contributed by atoms with Crippen LogP contribution in [0.2, 0.25) is 5.02 Å². The molecule has 0 unspecified atom stereocenters. The number of benzene rings is 3. The Balaban J connectivity index is 0.000000247. The molecule has 0 radical (unpaired) electrons. The van der Waals surface area contributed by atoms with E-state index in [1.165, 1.54) is 49.6 Å². The molecule has 11 nitrogen and oxygen atoms in total. The van der Waals surface area contributed by atoms with Crippen LogP contribution >= 0.6 is 22.3 Å². The average Bonchev–Trinajstić information content (AvgIpc) is 3.60. The first-order valence-corrected chi connectivity index (χ1v) is 15.8. The van der Waals surface area contributed by atoms with E-state index in [-0.39, 0.29) is 47.9 Å². The molecular formula is C26H21Cl2NO10S2. The number of halogens is 2. The fraction of sp³-hybridized carbons (Fsp3) is 0.192. The highest BCUT2D eigenvalue weighted by molar-refractivity contribution is 8.13. The Morgan fingerprint density at radius 1 is 0.878 bits per heavy atom. The van der Waals surface area contributed by atoms with Gasteiger partial charge in [-0.05, 0) is 42.5 Å². The van der Waals surface area contributed by atoms with Gasteiger partial charge in [-0.2, -0.15) is 0 Å². The van der Waals surface area contributed by atoms with Gasteiger partial charge in [0.05, 0.1) is 34.6 Å². The monoisotopic (exact) mass is 641 g/mol. The maximum atomic E-state index is 12.7. The number of methoxy groups -OCH3 is 1. The van der Waals surface area contributed by atoms with Gasteiger partial charge in [-0.1, -0.05) is 23.4 Å². The van der Waals surface area contributed by atoms with Crippen molar-refractivity contribution in [3.05, 3.63) is 65.2 Å². The van der Waals surface area contributed by atoms with Gasteiger partial charge in [0.25, 0.3) is 19.1 Å². The fourth-order valence-corrected chi connectivity index (χ4v) is 5.44. The highest BCUT2D eigenvalue weighted by atomic mass is 35.7. The Morgan fingerprint density at radius 2 is 1.46 bits per heavy atom. The summed E-state index contributed by atoms with van der Waals surface area (Å²) in [7, 11) is -1.14. The van der Waals surface area contributed by atoms with Gasteiger partial charge in [-0.3, -0.25) is 9.52 Å². The highest BCUT2D eigenvalue weighted by Gasteiger charge is 2.21. The van der Waals surface area contributed by atoms with Gasteiger partial charge in [0.1, 0.15) is 0 Å². The molecule has 2 aliphatic heterocycles. The lowest BCUT2D eigenvalue weighted by molar-refractivity contribution is -0.140. The molecule has 0 spiro atoms. The number of anilines is 1. The molecule has 0 saturated carbocycles. The minimum absolute atomic E-state index is 0.0124. The predicted molar refractivity (Wildman–Crippen MR) is 149 cm³/mol. The van der Waals surface area contributed by atoms with Crippen molar-refractivity contribution in [1.29, 1.82) is 0 Å². The van der Waals surface area contributed by atoms with Crippen molar-refractivity contribution < 1.29 is 45.3 Å². The third-order valence-electron chi connectivity index (χ3n) is 5.41. The Bertz CT molecular complexity index is 1750. The minimum atomic E-state index is -3.89. The molecule has 0 saturated heterocycles. The normalized spacial score (nSPS) is 12.9. The first-order chi connectivity index (χ1) is 19.5. The van der Waals surface area contributed by atoms with E-state index in [2.05, 4.69) is 21.3 Å². The smallest absolute Gasteiger partial charge is 0.306 e. The van der Waals surface area contributed by atoms with E-state index in [0.717, 1.165) is 0 Å². The molecule has 0 aliphatic carbocycles. The zero-order chi connectivity index (χ0) is 29.6. The average molecular weight is 642 g/mol. The third-order valence-corrected chi connectivity index (χ3v) is 8.36. The van der Waals surface area contributed by atoms with Crippen LogP contribution in [0.5, 0.6) is 23.0 Å². The van der Waals surface area contributed by atoms with E-state index in [0.29, 0.717) is 33.6 Å². The molecule has 0 bridgehead atoms. The predicted octanol–water partition coefficient (Wildman–Crippen LogP) is 4.52. The number of fused-ring (bicyclic) bond motifs is 2. The number of rotatable bonds is 6. The van der Waals surface area contributed by atoms with Gasteiger partial charge < -0.3 is 23.7 Å². The topological polar surface area (TPSA) is 144 Å². The number of hydrogen-bond donors (Lipinski definition) is 1. The number of hydrogen-bond acceptors (Lipinski definition) is 10. The molecule has 15 heteroatoms. The summed E-state index contributed by atoms with van der Waals surface area (Å²) < 4.78 is 74.8. The van der Waals surface area contributed by atoms with Crippen molar-refractivity contribution in [3.8, 4) is 34.8 Å². The third kappa shape index (κ3) is 7.89. The second-order valence-corrected chi connectivity index (χ2v) is 12.8. The molecule has 3 aromatic carbocycles. The summed E-state index contributed by atoms with van der Waals surface area (Å²) in [6.07, 6.45) is 0.413. The molecule has 0 aromatic heterocycles. The summed E-state index contributed by atoms with van der Waals surface area (Å²) in [6.45, 7) is 0.163. The van der Waals surface area contributed by atoms with Crippen LogP contribution in [0.4, 0.5) is 5.69 Å². The lowest BCUT2D eigenvalue weighted by Gasteiger charge is -2.11. The lowest BCUT2D eigenvalue weighted by Crippen LogP contribution is -2.13. The number of esters is 1. The lowest BCUT2D eigenvalue weighted by atomic mass is 10.2. The summed E-state index contributed by atoms with van der Waals surface area (Å²) in [5, 5.41) is 0.406. The van der Waals surface area contributed by atoms with Crippen molar-refractivity contribution in [2.24, 2.45) is 0 Å². The summed E-state index contributed by atoms with van der Waals surface area (Å²) in [5.74, 6) is 7.06. The van der Waals surface area contributed by atoms with Crippen molar-refractivity contribution >= 4 is 53.0 Å². The van der Waals surface area contributed by atoms with Crippen LogP contribution in [0.15, 0.2) is 64.4 Å². The molecule has 2 heterocycles. The van der Waals surface area contributed by atoms with Gasteiger partial charge >= 0.3 is 5.97 Å². The van der Waals surface area contributed by atoms with Crippen LogP contribution < -0.4 is 23.7 Å². The van der Waals surface area contributed by atoms with Crippen molar-refractivity contribution in [3.63, 3.8) is 0 Å². The Hall–Kier alpha value is -3.83. The number of carbonyl (C=O) groups is 1. The molecule has 0 atom stereocenters. The van der Waals surface area contributed by atoms with Crippen LogP contribution in [0.25, 0.3) is 0 Å². The maximum Gasteiger partial charge on any atom is 0.306 e. The number of nitrogens with one attached hydrogen (secondary N) is 1. The van der Waals surface area contributed by atoms with Crippen LogP contribution in [-0.2, 0) is 28.6 Å².